The lowest BCUT2D eigenvalue weighted by Gasteiger charge is -2.24. The molecule has 2 aromatic heterocycles. The van der Waals surface area contributed by atoms with Gasteiger partial charge in [-0.25, -0.2) is 4.98 Å². The molecule has 1 atom stereocenters. The lowest BCUT2D eigenvalue weighted by molar-refractivity contribution is -0.384. The Hall–Kier alpha value is -2.46. The first-order valence-corrected chi connectivity index (χ1v) is 7.83. The molecule has 10 heteroatoms. The van der Waals surface area contributed by atoms with Crippen LogP contribution in [0.1, 0.15) is 6.42 Å². The smallest absolute Gasteiger partial charge is 0.315 e. The van der Waals surface area contributed by atoms with Crippen LogP contribution in [-0.4, -0.2) is 65.5 Å². The van der Waals surface area contributed by atoms with Crippen molar-refractivity contribution >= 4 is 28.8 Å². The van der Waals surface area contributed by atoms with Gasteiger partial charge >= 0.3 is 5.69 Å². The van der Waals surface area contributed by atoms with Crippen LogP contribution in [0.3, 0.4) is 0 Å². The Morgan fingerprint density at radius 1 is 1.25 bits per heavy atom. The van der Waals surface area contributed by atoms with E-state index >= 15 is 0 Å². The van der Waals surface area contributed by atoms with Gasteiger partial charge in [-0.3, -0.25) is 10.1 Å². The van der Waals surface area contributed by atoms with Crippen LogP contribution in [0, 0.1) is 10.1 Å². The normalized spacial score (nSPS) is 21.6. The molecule has 0 amide bonds. The molecular weight excluding hydrogens is 318 g/mol. The maximum Gasteiger partial charge on any atom is 0.315 e. The van der Waals surface area contributed by atoms with E-state index < -0.39 is 11.0 Å². The number of ether oxygens (including phenoxy) is 1. The minimum Gasteiger partial charge on any atom is -0.421 e. The number of anilines is 2. The highest BCUT2D eigenvalue weighted by atomic mass is 16.6. The van der Waals surface area contributed by atoms with Crippen molar-refractivity contribution in [1.82, 2.24) is 9.97 Å². The largest absolute Gasteiger partial charge is 0.421 e. The fourth-order valence-corrected chi connectivity index (χ4v) is 3.02. The molecule has 24 heavy (non-hydrogen) atoms. The summed E-state index contributed by atoms with van der Waals surface area (Å²) in [7, 11) is 0. The zero-order valence-corrected chi connectivity index (χ0v) is 12.9. The van der Waals surface area contributed by atoms with Gasteiger partial charge in [0.25, 0.3) is 6.01 Å². The van der Waals surface area contributed by atoms with Crippen molar-refractivity contribution in [1.29, 1.82) is 0 Å². The first-order valence-electron chi connectivity index (χ1n) is 7.83. The van der Waals surface area contributed by atoms with Crippen molar-refractivity contribution in [2.24, 2.45) is 0 Å². The minimum absolute atomic E-state index is 0.138. The Morgan fingerprint density at radius 3 is 2.71 bits per heavy atom. The number of aromatic nitrogens is 2. The summed E-state index contributed by atoms with van der Waals surface area (Å²) in [5.41, 5.74) is 0.478. The highest BCUT2D eigenvalue weighted by molar-refractivity contribution is 5.79. The number of hydrogen-bond donors (Lipinski definition) is 1. The molecular formula is C14H17N5O5. The van der Waals surface area contributed by atoms with E-state index in [0.29, 0.717) is 57.5 Å². The number of fused-ring (bicyclic) bond motifs is 1. The third kappa shape index (κ3) is 2.63. The topological polar surface area (TPSA) is 118 Å². The number of nitrogens with zero attached hydrogens (tertiary/aromatic N) is 5. The van der Waals surface area contributed by atoms with Gasteiger partial charge in [-0.15, -0.1) is 0 Å². The molecule has 10 nitrogen and oxygen atoms in total. The van der Waals surface area contributed by atoms with E-state index in [-0.39, 0.29) is 17.1 Å². The Labute approximate surface area is 136 Å². The van der Waals surface area contributed by atoms with E-state index in [4.69, 9.17) is 9.15 Å². The standard InChI is InChI=1S/C14H17N5O5/c20-9-1-2-18(8-9)13-10(19(21)22)7-11-12(15-13)16-14(24-11)17-3-5-23-6-4-17/h7,9,20H,1-6,8H2/t9-/m1/s1. The first-order chi connectivity index (χ1) is 11.6. The molecule has 0 bridgehead atoms. The summed E-state index contributed by atoms with van der Waals surface area (Å²) in [6, 6.07) is 1.76. The quantitative estimate of drug-likeness (QED) is 0.633. The fraction of sp³-hybridized carbons (Fsp3) is 0.571. The van der Waals surface area contributed by atoms with E-state index in [1.54, 1.807) is 4.90 Å². The van der Waals surface area contributed by atoms with Crippen molar-refractivity contribution in [3.05, 3.63) is 16.2 Å². The second-order valence-electron chi connectivity index (χ2n) is 5.89. The van der Waals surface area contributed by atoms with Gasteiger partial charge < -0.3 is 24.1 Å². The summed E-state index contributed by atoms with van der Waals surface area (Å²) in [6.07, 6.45) is 0.0673. The van der Waals surface area contributed by atoms with Crippen LogP contribution in [0.5, 0.6) is 0 Å². The molecule has 0 spiro atoms. The average Bonchev–Trinajstić information content (AvgIpc) is 3.20. The number of β-amino-alcohol motifs (C(OH)–C–C–N with tert-alkyl or cyclic N) is 1. The molecule has 2 aliphatic rings. The molecule has 2 fully saturated rings. The second kappa shape index (κ2) is 5.87. The third-order valence-corrected chi connectivity index (χ3v) is 4.27. The predicted octanol–water partition coefficient (Wildman–Crippen LogP) is 0.539. The molecule has 128 valence electrons. The predicted molar refractivity (Wildman–Crippen MR) is 84.3 cm³/mol. The monoisotopic (exact) mass is 335 g/mol. The second-order valence-corrected chi connectivity index (χ2v) is 5.89. The van der Waals surface area contributed by atoms with Gasteiger partial charge in [0.15, 0.2) is 5.58 Å². The molecule has 0 aliphatic carbocycles. The molecule has 2 saturated heterocycles. The van der Waals surface area contributed by atoms with Crippen molar-refractivity contribution in [3.63, 3.8) is 0 Å². The summed E-state index contributed by atoms with van der Waals surface area (Å²) in [6.45, 7) is 3.33. The van der Waals surface area contributed by atoms with Gasteiger partial charge in [-0.05, 0) is 6.42 Å². The summed E-state index contributed by atoms with van der Waals surface area (Å²) in [5, 5.41) is 21.1. The molecule has 2 aliphatic heterocycles. The number of hydrogen-bond acceptors (Lipinski definition) is 9. The van der Waals surface area contributed by atoms with E-state index in [0.717, 1.165) is 0 Å². The van der Waals surface area contributed by atoms with Crippen LogP contribution < -0.4 is 9.80 Å². The SMILES string of the molecule is O=[N+]([O-])c1cc2oc(N3CCOCC3)nc2nc1N1CC[C@@H](O)C1. The maximum absolute atomic E-state index is 11.4. The molecule has 1 N–H and O–H groups in total. The zero-order valence-electron chi connectivity index (χ0n) is 12.9. The number of morpholine rings is 1. The van der Waals surface area contributed by atoms with Crippen molar-refractivity contribution in [2.75, 3.05) is 49.2 Å². The summed E-state index contributed by atoms with van der Waals surface area (Å²) in [5.74, 6) is 0.228. The lowest BCUT2D eigenvalue weighted by Crippen LogP contribution is -2.36. The van der Waals surface area contributed by atoms with Crippen LogP contribution in [0.15, 0.2) is 10.5 Å². The molecule has 4 rings (SSSR count). The lowest BCUT2D eigenvalue weighted by atomic mass is 10.3. The van der Waals surface area contributed by atoms with Gasteiger partial charge in [-0.1, -0.05) is 0 Å². The molecule has 0 unspecified atom stereocenters. The average molecular weight is 335 g/mol. The van der Waals surface area contributed by atoms with E-state index in [1.165, 1.54) is 6.07 Å². The van der Waals surface area contributed by atoms with Crippen LogP contribution in [0.4, 0.5) is 17.5 Å². The number of aliphatic hydroxyl groups is 1. The van der Waals surface area contributed by atoms with E-state index in [9.17, 15) is 15.2 Å². The molecule has 2 aromatic rings. The van der Waals surface area contributed by atoms with Gasteiger partial charge in [0.2, 0.25) is 11.5 Å². The highest BCUT2D eigenvalue weighted by Gasteiger charge is 2.30. The number of oxazole rings is 1. The molecule has 4 heterocycles. The van der Waals surface area contributed by atoms with Gasteiger partial charge in [0.1, 0.15) is 0 Å². The van der Waals surface area contributed by atoms with E-state index in [1.807, 2.05) is 4.90 Å². The molecule has 0 aromatic carbocycles. The van der Waals surface area contributed by atoms with Gasteiger partial charge in [0, 0.05) is 26.2 Å². The maximum atomic E-state index is 11.4. The Morgan fingerprint density at radius 2 is 2.04 bits per heavy atom. The minimum atomic E-state index is -0.497. The van der Waals surface area contributed by atoms with E-state index in [2.05, 4.69) is 9.97 Å². The first kappa shape index (κ1) is 15.1. The Bertz CT molecular complexity index is 772. The Balaban J connectivity index is 1.74. The zero-order chi connectivity index (χ0) is 16.7. The van der Waals surface area contributed by atoms with Crippen molar-refractivity contribution < 1.29 is 19.2 Å². The molecule has 0 saturated carbocycles. The third-order valence-electron chi connectivity index (χ3n) is 4.27. The molecule has 0 radical (unpaired) electrons. The van der Waals surface area contributed by atoms with Crippen LogP contribution in [-0.2, 0) is 4.74 Å². The number of aliphatic hydroxyl groups excluding tert-OH is 1. The van der Waals surface area contributed by atoms with Crippen molar-refractivity contribution in [2.45, 2.75) is 12.5 Å². The summed E-state index contributed by atoms with van der Waals surface area (Å²) in [4.78, 5) is 23.3. The highest BCUT2D eigenvalue weighted by Crippen LogP contribution is 2.33. The van der Waals surface area contributed by atoms with Gasteiger partial charge in [0.05, 0.1) is 30.3 Å². The van der Waals surface area contributed by atoms with Crippen LogP contribution in [0.25, 0.3) is 11.2 Å². The van der Waals surface area contributed by atoms with Crippen molar-refractivity contribution in [3.8, 4) is 0 Å². The number of pyridine rings is 1. The van der Waals surface area contributed by atoms with Crippen LogP contribution >= 0.6 is 0 Å². The Kier molecular flexibility index (Phi) is 3.69. The van der Waals surface area contributed by atoms with Gasteiger partial charge in [-0.2, -0.15) is 4.98 Å². The number of rotatable bonds is 3. The fourth-order valence-electron chi connectivity index (χ4n) is 3.02. The summed E-state index contributed by atoms with van der Waals surface area (Å²) >= 11 is 0. The van der Waals surface area contributed by atoms with Crippen LogP contribution in [0.2, 0.25) is 0 Å². The number of nitro groups is 1. The summed E-state index contributed by atoms with van der Waals surface area (Å²) < 4.78 is 11.0.